The Morgan fingerprint density at radius 1 is 1.56 bits per heavy atom. The highest BCUT2D eigenvalue weighted by atomic mass is 32.1. The molecule has 0 aliphatic carbocycles. The molecule has 2 heterocycles. The van der Waals surface area contributed by atoms with Crippen LogP contribution in [-0.2, 0) is 0 Å². The summed E-state index contributed by atoms with van der Waals surface area (Å²) in [5.74, 6) is 0. The molecule has 0 aromatic carbocycles. The molecule has 6 nitrogen and oxygen atoms in total. The maximum absolute atomic E-state index is 11.7. The largest absolute Gasteiger partial charge is 0.329 e. The van der Waals surface area contributed by atoms with Gasteiger partial charge in [-0.1, -0.05) is 0 Å². The van der Waals surface area contributed by atoms with Gasteiger partial charge in [-0.25, -0.2) is 9.78 Å². The zero-order valence-corrected chi connectivity index (χ0v) is 10.6. The summed E-state index contributed by atoms with van der Waals surface area (Å²) in [6, 6.07) is 1.43. The average molecular weight is 262 g/mol. The van der Waals surface area contributed by atoms with Gasteiger partial charge in [0.15, 0.2) is 0 Å². The summed E-state index contributed by atoms with van der Waals surface area (Å²) < 4.78 is 1.30. The van der Waals surface area contributed by atoms with Crippen molar-refractivity contribution in [1.82, 2.24) is 14.5 Å². The van der Waals surface area contributed by atoms with Crippen LogP contribution in [-0.4, -0.2) is 14.5 Å². The molecule has 2 aromatic heterocycles. The van der Waals surface area contributed by atoms with Crippen molar-refractivity contribution in [3.05, 3.63) is 48.7 Å². The van der Waals surface area contributed by atoms with Crippen molar-refractivity contribution in [3.8, 4) is 6.07 Å². The van der Waals surface area contributed by atoms with Crippen LogP contribution in [0.2, 0.25) is 0 Å². The molecule has 92 valence electrons. The summed E-state index contributed by atoms with van der Waals surface area (Å²) >= 11 is 1.47. The molecular formula is C11H10N4O2S. The van der Waals surface area contributed by atoms with Crippen LogP contribution < -0.4 is 11.2 Å². The quantitative estimate of drug-likeness (QED) is 0.865. The van der Waals surface area contributed by atoms with Crippen molar-refractivity contribution in [1.29, 1.82) is 5.26 Å². The number of hydrogen-bond acceptors (Lipinski definition) is 5. The van der Waals surface area contributed by atoms with Gasteiger partial charge >= 0.3 is 5.69 Å². The van der Waals surface area contributed by atoms with Gasteiger partial charge in [-0.05, 0) is 13.8 Å². The van der Waals surface area contributed by atoms with Crippen LogP contribution >= 0.6 is 11.3 Å². The van der Waals surface area contributed by atoms with E-state index in [1.54, 1.807) is 19.2 Å². The molecule has 7 heteroatoms. The minimum absolute atomic E-state index is 0.0882. The van der Waals surface area contributed by atoms with Gasteiger partial charge in [-0.3, -0.25) is 14.3 Å². The number of aryl methyl sites for hydroxylation is 1. The third-order valence-electron chi connectivity index (χ3n) is 2.50. The number of H-pyrrole nitrogens is 1. The van der Waals surface area contributed by atoms with Gasteiger partial charge in [0.25, 0.3) is 5.56 Å². The van der Waals surface area contributed by atoms with Gasteiger partial charge in [0.05, 0.1) is 6.04 Å². The molecule has 0 fully saturated rings. The third kappa shape index (κ3) is 2.10. The summed E-state index contributed by atoms with van der Waals surface area (Å²) in [6.45, 7) is 3.71. The highest BCUT2D eigenvalue weighted by Gasteiger charge is 2.14. The Kier molecular flexibility index (Phi) is 3.12. The summed E-state index contributed by atoms with van der Waals surface area (Å²) in [5, 5.41) is 9.55. The molecule has 0 saturated heterocycles. The second kappa shape index (κ2) is 4.58. The Morgan fingerprint density at radius 2 is 2.28 bits per heavy atom. The first-order chi connectivity index (χ1) is 8.52. The number of hydrogen-bond donors (Lipinski definition) is 1. The Hall–Kier alpha value is -2.20. The van der Waals surface area contributed by atoms with Gasteiger partial charge in [-0.15, -0.1) is 11.3 Å². The van der Waals surface area contributed by atoms with Crippen molar-refractivity contribution in [2.45, 2.75) is 19.9 Å². The van der Waals surface area contributed by atoms with Crippen LogP contribution in [0.1, 0.15) is 28.4 Å². The lowest BCUT2D eigenvalue weighted by molar-refractivity contribution is 0.590. The van der Waals surface area contributed by atoms with Crippen LogP contribution in [0.4, 0.5) is 0 Å². The topological polar surface area (TPSA) is 91.5 Å². The smallest absolute Gasteiger partial charge is 0.290 e. The molecule has 1 atom stereocenters. The molecule has 0 aliphatic heterocycles. The van der Waals surface area contributed by atoms with E-state index in [9.17, 15) is 9.59 Å². The number of aromatic nitrogens is 3. The van der Waals surface area contributed by atoms with Crippen LogP contribution in [0.3, 0.4) is 0 Å². The molecule has 2 rings (SSSR count). The minimum Gasteiger partial charge on any atom is -0.290 e. The first-order valence-corrected chi connectivity index (χ1v) is 6.02. The van der Waals surface area contributed by atoms with E-state index in [4.69, 9.17) is 5.26 Å². The Labute approximate surface area is 106 Å². The van der Waals surface area contributed by atoms with Crippen LogP contribution in [0.25, 0.3) is 0 Å². The Balaban J connectivity index is 2.55. The fourth-order valence-electron chi connectivity index (χ4n) is 1.54. The maximum Gasteiger partial charge on any atom is 0.329 e. The lowest BCUT2D eigenvalue weighted by atomic mass is 10.3. The van der Waals surface area contributed by atoms with E-state index >= 15 is 0 Å². The fraction of sp³-hybridized carbons (Fsp3) is 0.273. The van der Waals surface area contributed by atoms with E-state index in [0.717, 1.165) is 9.88 Å². The summed E-state index contributed by atoms with van der Waals surface area (Å²) in [7, 11) is 0. The highest BCUT2D eigenvalue weighted by Crippen LogP contribution is 2.21. The van der Waals surface area contributed by atoms with Crippen molar-refractivity contribution in [2.75, 3.05) is 0 Å². The lowest BCUT2D eigenvalue weighted by Gasteiger charge is -2.11. The van der Waals surface area contributed by atoms with E-state index in [1.807, 2.05) is 6.92 Å². The van der Waals surface area contributed by atoms with Crippen molar-refractivity contribution in [3.63, 3.8) is 0 Å². The first-order valence-electron chi connectivity index (χ1n) is 5.21. The lowest BCUT2D eigenvalue weighted by Crippen LogP contribution is -2.33. The molecule has 0 radical (unpaired) electrons. The van der Waals surface area contributed by atoms with Crippen molar-refractivity contribution >= 4 is 11.3 Å². The second-order valence-electron chi connectivity index (χ2n) is 3.81. The molecule has 0 spiro atoms. The van der Waals surface area contributed by atoms with E-state index in [1.165, 1.54) is 22.1 Å². The number of nitrogens with zero attached hydrogens (tertiary/aromatic N) is 3. The van der Waals surface area contributed by atoms with E-state index in [-0.39, 0.29) is 11.6 Å². The number of aromatic amines is 1. The summed E-state index contributed by atoms with van der Waals surface area (Å²) in [4.78, 5) is 30.3. The standard InChI is InChI=1S/C11H10N4O2S/c1-6-4-13-10(18-6)7(2)15-5-8(3-12)9(16)14-11(15)17/h4-5,7H,1-2H3,(H,14,16,17). The number of thiazole rings is 1. The zero-order chi connectivity index (χ0) is 13.3. The van der Waals surface area contributed by atoms with E-state index in [2.05, 4.69) is 9.97 Å². The molecule has 1 unspecified atom stereocenters. The maximum atomic E-state index is 11.7. The molecule has 0 aliphatic rings. The SMILES string of the molecule is Cc1cnc(C(C)n2cc(C#N)c(=O)[nH]c2=O)s1. The minimum atomic E-state index is -0.665. The second-order valence-corrected chi connectivity index (χ2v) is 5.07. The number of rotatable bonds is 2. The third-order valence-corrected chi connectivity index (χ3v) is 3.59. The van der Waals surface area contributed by atoms with Crippen LogP contribution in [0.15, 0.2) is 22.0 Å². The Morgan fingerprint density at radius 3 is 2.83 bits per heavy atom. The normalized spacial score (nSPS) is 12.1. The molecule has 0 bridgehead atoms. The average Bonchev–Trinajstić information content (AvgIpc) is 2.75. The predicted octanol–water partition coefficient (Wildman–Crippen LogP) is 0.782. The molecular weight excluding hydrogens is 252 g/mol. The molecule has 18 heavy (non-hydrogen) atoms. The van der Waals surface area contributed by atoms with Gasteiger partial charge in [0.1, 0.15) is 16.6 Å². The highest BCUT2D eigenvalue weighted by molar-refractivity contribution is 7.11. The summed E-state index contributed by atoms with van der Waals surface area (Å²) in [6.07, 6.45) is 2.99. The number of nitrogens with one attached hydrogen (secondary N) is 1. The monoisotopic (exact) mass is 262 g/mol. The number of nitriles is 1. The fourth-order valence-corrected chi connectivity index (χ4v) is 2.36. The van der Waals surface area contributed by atoms with E-state index < -0.39 is 11.2 Å². The molecule has 2 aromatic rings. The summed E-state index contributed by atoms with van der Waals surface area (Å²) in [5.41, 5.74) is -1.30. The van der Waals surface area contributed by atoms with Gasteiger partial charge in [0, 0.05) is 17.3 Å². The molecule has 0 amide bonds. The van der Waals surface area contributed by atoms with Crippen molar-refractivity contribution in [2.24, 2.45) is 0 Å². The van der Waals surface area contributed by atoms with Crippen LogP contribution in [0, 0.1) is 18.3 Å². The van der Waals surface area contributed by atoms with E-state index in [0.29, 0.717) is 0 Å². The van der Waals surface area contributed by atoms with Crippen LogP contribution in [0.5, 0.6) is 0 Å². The van der Waals surface area contributed by atoms with Crippen molar-refractivity contribution < 1.29 is 0 Å². The predicted molar refractivity (Wildman–Crippen MR) is 66.7 cm³/mol. The zero-order valence-electron chi connectivity index (χ0n) is 9.80. The first kappa shape index (κ1) is 12.3. The molecule has 0 saturated carbocycles. The van der Waals surface area contributed by atoms with Gasteiger partial charge < -0.3 is 0 Å². The molecule has 1 N–H and O–H groups in total. The Bertz CT molecular complexity index is 734. The van der Waals surface area contributed by atoms with Gasteiger partial charge in [0.2, 0.25) is 0 Å². The van der Waals surface area contributed by atoms with Gasteiger partial charge in [-0.2, -0.15) is 5.26 Å².